The van der Waals surface area contributed by atoms with E-state index in [1.807, 2.05) is 77.6 Å². The van der Waals surface area contributed by atoms with Gasteiger partial charge in [0.05, 0.1) is 34.8 Å². The molecule has 312 valence electrons. The van der Waals surface area contributed by atoms with Gasteiger partial charge in [0.25, 0.3) is 0 Å². The minimum absolute atomic E-state index is 0.0403. The molecule has 4 aliphatic rings. The first-order valence-electron chi connectivity index (χ1n) is 23.1. The Balaban J connectivity index is 0.924. The second-order valence-electron chi connectivity index (χ2n) is 18.2. The fourth-order valence-corrected chi connectivity index (χ4v) is 10.8. The van der Waals surface area contributed by atoms with Gasteiger partial charge in [0, 0.05) is 71.5 Å². The van der Waals surface area contributed by atoms with Gasteiger partial charge in [-0.25, -0.2) is 0 Å². The highest BCUT2D eigenvalue weighted by Gasteiger charge is 2.32. The molecule has 0 radical (unpaired) electrons. The van der Waals surface area contributed by atoms with Crippen LogP contribution in [0, 0.1) is 11.8 Å². The molecule has 4 heterocycles. The maximum Gasteiger partial charge on any atom is 0.234 e. The second-order valence-corrected chi connectivity index (χ2v) is 18.2. The lowest BCUT2D eigenvalue weighted by molar-refractivity contribution is -0.122. The minimum atomic E-state index is -0.438. The number of pyridine rings is 2. The Morgan fingerprint density at radius 3 is 1.90 bits per heavy atom. The van der Waals surface area contributed by atoms with E-state index in [-0.39, 0.29) is 18.2 Å². The highest BCUT2D eigenvalue weighted by molar-refractivity contribution is 6.05. The summed E-state index contributed by atoms with van der Waals surface area (Å²) in [6.45, 7) is 5.13. The summed E-state index contributed by atoms with van der Waals surface area (Å²) >= 11 is 0. The van der Waals surface area contributed by atoms with Crippen LogP contribution in [0.15, 0.2) is 109 Å². The molecule has 1 unspecified atom stereocenters. The van der Waals surface area contributed by atoms with E-state index >= 15 is 0 Å². The van der Waals surface area contributed by atoms with E-state index in [1.165, 1.54) is 86.7 Å². The Kier molecular flexibility index (Phi) is 11.2. The number of hydrogen-bond acceptors (Lipinski definition) is 6. The van der Waals surface area contributed by atoms with Gasteiger partial charge >= 0.3 is 0 Å². The molecular weight excluding hydrogens is 753 g/mol. The number of aromatic nitrogens is 2. The standard InChI is InChI=1S/C53H58N6O2/c1-37(53(61)59(47-31-40-15-9-11-19-49(40)55-35-47)45-22-24-51-42(33-45)27-29-57(51)43-16-6-3-7-17-43)20-25-52(60)58(46-30-39-14-8-10-18-48(39)54-34-46)44-21-23-50-41(32-44)26-28-56(50)36-38-12-4-2-5-13-38/h8-11,14-15,18-19,21-24,30-35,37-38,43H,2-7,12-13,16-17,20,25-29,36H2,1H3. The maximum atomic E-state index is 14.9. The molecule has 10 rings (SSSR count). The minimum Gasteiger partial charge on any atom is -0.371 e. The first-order valence-corrected chi connectivity index (χ1v) is 23.1. The summed E-state index contributed by atoms with van der Waals surface area (Å²) in [4.78, 5) is 48.1. The number of amides is 2. The summed E-state index contributed by atoms with van der Waals surface area (Å²) in [6.07, 6.45) is 19.3. The molecule has 2 aromatic heterocycles. The van der Waals surface area contributed by atoms with E-state index in [0.29, 0.717) is 12.5 Å². The van der Waals surface area contributed by atoms with Crippen LogP contribution < -0.4 is 19.6 Å². The molecular formula is C53H58N6O2. The third kappa shape index (κ3) is 8.09. The molecule has 2 aliphatic heterocycles. The predicted molar refractivity (Wildman–Crippen MR) is 249 cm³/mol. The quantitative estimate of drug-likeness (QED) is 0.130. The zero-order valence-corrected chi connectivity index (χ0v) is 35.6. The number of hydrogen-bond donors (Lipinski definition) is 0. The van der Waals surface area contributed by atoms with Gasteiger partial charge < -0.3 is 9.80 Å². The third-order valence-corrected chi connectivity index (χ3v) is 14.1. The van der Waals surface area contributed by atoms with Gasteiger partial charge in [0.15, 0.2) is 0 Å². The van der Waals surface area contributed by atoms with Crippen LogP contribution in [0.1, 0.15) is 95.1 Å². The highest BCUT2D eigenvalue weighted by Crippen LogP contribution is 2.40. The average Bonchev–Trinajstić information content (AvgIpc) is 3.92. The van der Waals surface area contributed by atoms with Crippen molar-refractivity contribution in [2.75, 3.05) is 39.2 Å². The Labute approximate surface area is 360 Å². The number of carbonyl (C=O) groups excluding carboxylic acids is 2. The summed E-state index contributed by atoms with van der Waals surface area (Å²) in [7, 11) is 0. The number of para-hydroxylation sites is 2. The van der Waals surface area contributed by atoms with Crippen molar-refractivity contribution in [1.82, 2.24) is 9.97 Å². The zero-order valence-electron chi connectivity index (χ0n) is 35.6. The summed E-state index contributed by atoms with van der Waals surface area (Å²) in [5.41, 5.74) is 10.2. The number of benzene rings is 4. The van der Waals surface area contributed by atoms with E-state index in [9.17, 15) is 9.59 Å². The van der Waals surface area contributed by atoms with Crippen LogP contribution in [0.25, 0.3) is 21.8 Å². The number of fused-ring (bicyclic) bond motifs is 4. The number of anilines is 6. The molecule has 2 aliphatic carbocycles. The number of carbonyl (C=O) groups is 2. The maximum absolute atomic E-state index is 14.9. The Hall–Kier alpha value is -5.76. The van der Waals surface area contributed by atoms with E-state index in [4.69, 9.17) is 9.97 Å². The fourth-order valence-electron chi connectivity index (χ4n) is 10.8. The van der Waals surface area contributed by atoms with Crippen molar-refractivity contribution < 1.29 is 9.59 Å². The lowest BCUT2D eigenvalue weighted by atomic mass is 9.89. The summed E-state index contributed by atoms with van der Waals surface area (Å²) in [5.74, 6) is 0.236. The molecule has 1 atom stereocenters. The topological polar surface area (TPSA) is 72.9 Å². The molecule has 2 saturated carbocycles. The van der Waals surface area contributed by atoms with Crippen LogP contribution in [0.2, 0.25) is 0 Å². The summed E-state index contributed by atoms with van der Waals surface area (Å²) in [6, 6.07) is 33.9. The Morgan fingerprint density at radius 2 is 1.21 bits per heavy atom. The zero-order chi connectivity index (χ0) is 41.3. The molecule has 8 nitrogen and oxygen atoms in total. The molecule has 0 spiro atoms. The van der Waals surface area contributed by atoms with E-state index in [0.717, 1.165) is 82.9 Å². The number of rotatable bonds is 11. The van der Waals surface area contributed by atoms with Crippen molar-refractivity contribution in [3.05, 3.63) is 121 Å². The van der Waals surface area contributed by atoms with Gasteiger partial charge in [-0.1, -0.05) is 81.8 Å². The molecule has 2 fully saturated rings. The SMILES string of the molecule is CC(CCC(=O)N(c1ccc2c(c1)CCN2CC1CCCCC1)c1cnc2ccccc2c1)C(=O)N(c1ccc2c(c1)CCN2C1CCCCC1)c1cnc2ccccc2c1. The van der Waals surface area contributed by atoms with Gasteiger partial charge in [0.1, 0.15) is 0 Å². The lowest BCUT2D eigenvalue weighted by Gasteiger charge is -2.33. The molecule has 6 aromatic rings. The van der Waals surface area contributed by atoms with Crippen LogP contribution in [-0.4, -0.2) is 47.5 Å². The first-order chi connectivity index (χ1) is 30.0. The largest absolute Gasteiger partial charge is 0.371 e. The van der Waals surface area contributed by atoms with Crippen molar-refractivity contribution in [2.24, 2.45) is 11.8 Å². The van der Waals surface area contributed by atoms with Crippen LogP contribution in [0.5, 0.6) is 0 Å². The normalized spacial score (nSPS) is 17.4. The van der Waals surface area contributed by atoms with Gasteiger partial charge in [0.2, 0.25) is 11.8 Å². The smallest absolute Gasteiger partial charge is 0.234 e. The van der Waals surface area contributed by atoms with Gasteiger partial charge in [-0.15, -0.1) is 0 Å². The van der Waals surface area contributed by atoms with Gasteiger partial charge in [-0.2, -0.15) is 0 Å². The van der Waals surface area contributed by atoms with Crippen molar-refractivity contribution in [1.29, 1.82) is 0 Å². The highest BCUT2D eigenvalue weighted by atomic mass is 16.2. The summed E-state index contributed by atoms with van der Waals surface area (Å²) in [5, 5.41) is 1.97. The van der Waals surface area contributed by atoms with Crippen LogP contribution in [0.3, 0.4) is 0 Å². The fraction of sp³-hybridized carbons (Fsp3) is 0.396. The molecule has 0 saturated heterocycles. The van der Waals surface area contributed by atoms with Crippen molar-refractivity contribution in [2.45, 2.75) is 103 Å². The summed E-state index contributed by atoms with van der Waals surface area (Å²) < 4.78 is 0. The van der Waals surface area contributed by atoms with Crippen molar-refractivity contribution in [3.8, 4) is 0 Å². The average molecular weight is 811 g/mol. The molecule has 61 heavy (non-hydrogen) atoms. The lowest BCUT2D eigenvalue weighted by Crippen LogP contribution is -2.35. The molecule has 0 bridgehead atoms. The second kappa shape index (κ2) is 17.3. The molecule has 8 heteroatoms. The van der Waals surface area contributed by atoms with E-state index in [2.05, 4.69) is 58.3 Å². The molecule has 0 N–H and O–H groups in total. The van der Waals surface area contributed by atoms with Crippen molar-refractivity contribution >= 4 is 67.7 Å². The van der Waals surface area contributed by atoms with Crippen LogP contribution in [-0.2, 0) is 22.4 Å². The van der Waals surface area contributed by atoms with E-state index in [1.54, 1.807) is 0 Å². The third-order valence-electron chi connectivity index (χ3n) is 14.1. The van der Waals surface area contributed by atoms with Gasteiger partial charge in [-0.3, -0.25) is 29.4 Å². The first kappa shape index (κ1) is 39.4. The molecule has 2 amide bonds. The van der Waals surface area contributed by atoms with Crippen LogP contribution >= 0.6 is 0 Å². The van der Waals surface area contributed by atoms with Crippen LogP contribution in [0.4, 0.5) is 34.1 Å². The number of nitrogens with zero attached hydrogens (tertiary/aromatic N) is 6. The molecule has 4 aromatic carbocycles. The Morgan fingerprint density at radius 1 is 0.639 bits per heavy atom. The predicted octanol–water partition coefficient (Wildman–Crippen LogP) is 11.9. The van der Waals surface area contributed by atoms with Crippen molar-refractivity contribution in [3.63, 3.8) is 0 Å². The van der Waals surface area contributed by atoms with E-state index < -0.39 is 5.92 Å². The monoisotopic (exact) mass is 810 g/mol. The Bertz CT molecular complexity index is 2560. The van der Waals surface area contributed by atoms with Gasteiger partial charge in [-0.05, 0) is 123 Å².